The standard InChI is InChI=1S/C7H14ClN/c1-7(2)9-6-4-3-5-8/h3-4,7,9H,5-6H2,1-2H3/b4-3+. The summed E-state index contributed by atoms with van der Waals surface area (Å²) in [6.07, 6.45) is 3.98. The molecule has 0 aliphatic carbocycles. The van der Waals surface area contributed by atoms with Gasteiger partial charge in [-0.15, -0.1) is 11.6 Å². The van der Waals surface area contributed by atoms with Crippen LogP contribution in [0.2, 0.25) is 0 Å². The highest BCUT2D eigenvalue weighted by Crippen LogP contribution is 1.78. The number of alkyl halides is 1. The van der Waals surface area contributed by atoms with Crippen molar-refractivity contribution in [3.8, 4) is 0 Å². The van der Waals surface area contributed by atoms with Gasteiger partial charge in [0.2, 0.25) is 0 Å². The second-order valence-corrected chi connectivity index (χ2v) is 2.50. The van der Waals surface area contributed by atoms with Gasteiger partial charge in [0.1, 0.15) is 0 Å². The van der Waals surface area contributed by atoms with E-state index in [1.165, 1.54) is 0 Å². The number of hydrogen-bond acceptors (Lipinski definition) is 1. The van der Waals surface area contributed by atoms with Crippen molar-refractivity contribution in [3.63, 3.8) is 0 Å². The molecule has 0 saturated carbocycles. The third-order valence-corrected chi connectivity index (χ3v) is 1.08. The normalized spacial score (nSPS) is 11.6. The minimum Gasteiger partial charge on any atom is -0.311 e. The second kappa shape index (κ2) is 6.12. The highest BCUT2D eigenvalue weighted by atomic mass is 35.5. The summed E-state index contributed by atoms with van der Waals surface area (Å²) in [4.78, 5) is 0. The summed E-state index contributed by atoms with van der Waals surface area (Å²) in [5, 5.41) is 3.23. The van der Waals surface area contributed by atoms with Gasteiger partial charge in [-0.05, 0) is 0 Å². The monoisotopic (exact) mass is 147 g/mol. The Labute approximate surface area is 62.1 Å². The lowest BCUT2D eigenvalue weighted by Crippen LogP contribution is -2.22. The predicted octanol–water partition coefficient (Wildman–Crippen LogP) is 1.78. The molecule has 0 aromatic heterocycles. The van der Waals surface area contributed by atoms with Crippen LogP contribution in [0.15, 0.2) is 12.2 Å². The third kappa shape index (κ3) is 7.99. The van der Waals surface area contributed by atoms with Gasteiger partial charge >= 0.3 is 0 Å². The van der Waals surface area contributed by atoms with E-state index in [0.717, 1.165) is 6.54 Å². The van der Waals surface area contributed by atoms with E-state index < -0.39 is 0 Å². The molecular weight excluding hydrogens is 134 g/mol. The van der Waals surface area contributed by atoms with Crippen molar-refractivity contribution in [1.29, 1.82) is 0 Å². The van der Waals surface area contributed by atoms with E-state index in [0.29, 0.717) is 11.9 Å². The van der Waals surface area contributed by atoms with Crippen LogP contribution in [0.5, 0.6) is 0 Å². The fourth-order valence-corrected chi connectivity index (χ4v) is 0.576. The molecular formula is C7H14ClN. The molecule has 0 radical (unpaired) electrons. The molecule has 0 fully saturated rings. The molecule has 0 heterocycles. The van der Waals surface area contributed by atoms with E-state index in [1.54, 1.807) is 0 Å². The van der Waals surface area contributed by atoms with Crippen LogP contribution in [0, 0.1) is 0 Å². The van der Waals surface area contributed by atoms with Crippen LogP contribution in [0.4, 0.5) is 0 Å². The molecule has 0 aromatic rings. The van der Waals surface area contributed by atoms with Gasteiger partial charge in [0.05, 0.1) is 0 Å². The maximum Gasteiger partial charge on any atom is 0.0404 e. The van der Waals surface area contributed by atoms with Crippen molar-refractivity contribution in [3.05, 3.63) is 12.2 Å². The number of halogens is 1. The fraction of sp³-hybridized carbons (Fsp3) is 0.714. The molecule has 0 aliphatic rings. The van der Waals surface area contributed by atoms with Crippen molar-refractivity contribution in [2.75, 3.05) is 12.4 Å². The topological polar surface area (TPSA) is 12.0 Å². The lowest BCUT2D eigenvalue weighted by molar-refractivity contribution is 0.632. The van der Waals surface area contributed by atoms with Gasteiger partial charge in [-0.3, -0.25) is 0 Å². The fourth-order valence-electron chi connectivity index (χ4n) is 0.450. The predicted molar refractivity (Wildman–Crippen MR) is 43.0 cm³/mol. The zero-order valence-electron chi connectivity index (χ0n) is 6.02. The van der Waals surface area contributed by atoms with Crippen LogP contribution in [0.1, 0.15) is 13.8 Å². The van der Waals surface area contributed by atoms with E-state index in [9.17, 15) is 0 Å². The summed E-state index contributed by atoms with van der Waals surface area (Å²) in [6, 6.07) is 0.560. The summed E-state index contributed by atoms with van der Waals surface area (Å²) in [5.74, 6) is 0.611. The van der Waals surface area contributed by atoms with E-state index >= 15 is 0 Å². The van der Waals surface area contributed by atoms with Gasteiger partial charge in [0.25, 0.3) is 0 Å². The molecule has 0 aliphatic heterocycles. The highest BCUT2D eigenvalue weighted by Gasteiger charge is 1.84. The molecule has 9 heavy (non-hydrogen) atoms. The molecule has 54 valence electrons. The van der Waals surface area contributed by atoms with E-state index in [1.807, 2.05) is 12.2 Å². The SMILES string of the molecule is CC(C)NC/C=C/CCl. The van der Waals surface area contributed by atoms with Crippen molar-refractivity contribution < 1.29 is 0 Å². The van der Waals surface area contributed by atoms with Crippen LogP contribution in [-0.2, 0) is 0 Å². The molecule has 0 amide bonds. The second-order valence-electron chi connectivity index (χ2n) is 2.19. The van der Waals surface area contributed by atoms with Gasteiger partial charge in [0.15, 0.2) is 0 Å². The van der Waals surface area contributed by atoms with Crippen molar-refractivity contribution in [2.24, 2.45) is 0 Å². The molecule has 0 rings (SSSR count). The molecule has 1 nitrogen and oxygen atoms in total. The molecule has 2 heteroatoms. The smallest absolute Gasteiger partial charge is 0.0404 e. The summed E-state index contributed by atoms with van der Waals surface area (Å²) in [7, 11) is 0. The van der Waals surface area contributed by atoms with Crippen LogP contribution < -0.4 is 5.32 Å². The Bertz CT molecular complexity index is 79.0. The summed E-state index contributed by atoms with van der Waals surface area (Å²) < 4.78 is 0. The van der Waals surface area contributed by atoms with Gasteiger partial charge in [-0.25, -0.2) is 0 Å². The van der Waals surface area contributed by atoms with Gasteiger partial charge in [-0.2, -0.15) is 0 Å². The van der Waals surface area contributed by atoms with Gasteiger partial charge in [-0.1, -0.05) is 26.0 Å². The zero-order chi connectivity index (χ0) is 7.11. The van der Waals surface area contributed by atoms with Crippen molar-refractivity contribution in [1.82, 2.24) is 5.32 Å². The van der Waals surface area contributed by atoms with Gasteiger partial charge < -0.3 is 5.32 Å². The van der Waals surface area contributed by atoms with Crippen LogP contribution in [0.3, 0.4) is 0 Å². The summed E-state index contributed by atoms with van der Waals surface area (Å²) in [6.45, 7) is 5.16. The summed E-state index contributed by atoms with van der Waals surface area (Å²) in [5.41, 5.74) is 0. The lowest BCUT2D eigenvalue weighted by Gasteiger charge is -2.02. The number of hydrogen-bond donors (Lipinski definition) is 1. The zero-order valence-corrected chi connectivity index (χ0v) is 6.78. The maximum absolute atomic E-state index is 5.40. The first-order valence-electron chi connectivity index (χ1n) is 3.21. The van der Waals surface area contributed by atoms with E-state index in [4.69, 9.17) is 11.6 Å². The molecule has 0 unspecified atom stereocenters. The third-order valence-electron chi connectivity index (χ3n) is 0.900. The number of rotatable bonds is 4. The lowest BCUT2D eigenvalue weighted by atomic mass is 10.4. The minimum atomic E-state index is 0.560. The first-order valence-corrected chi connectivity index (χ1v) is 3.75. The average Bonchev–Trinajstić information content (AvgIpc) is 1.80. The van der Waals surface area contributed by atoms with Crippen LogP contribution in [0.25, 0.3) is 0 Å². The molecule has 0 atom stereocenters. The Morgan fingerprint density at radius 3 is 2.56 bits per heavy atom. The van der Waals surface area contributed by atoms with Crippen molar-refractivity contribution in [2.45, 2.75) is 19.9 Å². The highest BCUT2D eigenvalue weighted by molar-refractivity contribution is 6.18. The Kier molecular flexibility index (Phi) is 6.11. The molecule has 0 aromatic carbocycles. The molecule has 0 saturated heterocycles. The Morgan fingerprint density at radius 1 is 1.44 bits per heavy atom. The minimum absolute atomic E-state index is 0.560. The Hall–Kier alpha value is -0.0100. The Balaban J connectivity index is 2.99. The largest absolute Gasteiger partial charge is 0.311 e. The molecule has 1 N–H and O–H groups in total. The number of nitrogens with one attached hydrogen (secondary N) is 1. The van der Waals surface area contributed by atoms with E-state index in [-0.39, 0.29) is 0 Å². The Morgan fingerprint density at radius 2 is 2.11 bits per heavy atom. The van der Waals surface area contributed by atoms with E-state index in [2.05, 4.69) is 19.2 Å². The van der Waals surface area contributed by atoms with Crippen LogP contribution >= 0.6 is 11.6 Å². The molecule has 0 spiro atoms. The quantitative estimate of drug-likeness (QED) is 0.472. The van der Waals surface area contributed by atoms with Gasteiger partial charge in [0, 0.05) is 18.5 Å². The van der Waals surface area contributed by atoms with Crippen molar-refractivity contribution >= 4 is 11.6 Å². The first kappa shape index (κ1) is 8.99. The maximum atomic E-state index is 5.40. The van der Waals surface area contributed by atoms with Crippen LogP contribution in [-0.4, -0.2) is 18.5 Å². The average molecular weight is 148 g/mol. The number of allylic oxidation sites excluding steroid dienone is 1. The summed E-state index contributed by atoms with van der Waals surface area (Å²) >= 11 is 5.40. The molecule has 0 bridgehead atoms. The first-order chi connectivity index (χ1) is 4.27.